The fraction of sp³-hybridized carbons (Fsp3) is 0.571. The Morgan fingerprint density at radius 3 is 2.78 bits per heavy atom. The van der Waals surface area contributed by atoms with E-state index in [2.05, 4.69) is 12.2 Å². The topological polar surface area (TPSA) is 30.5 Å². The molecule has 1 N–H and O–H groups in total. The van der Waals surface area contributed by atoms with Gasteiger partial charge in [-0.2, -0.15) is 0 Å². The third-order valence-corrected chi connectivity index (χ3v) is 2.89. The summed E-state index contributed by atoms with van der Waals surface area (Å²) in [5, 5.41) is 3.32. The third-order valence-electron chi connectivity index (χ3n) is 2.89. The van der Waals surface area contributed by atoms with Crippen molar-refractivity contribution >= 4 is 0 Å². The quantitative estimate of drug-likeness (QED) is 0.898. The molecular weight excluding hydrogens is 233 g/mol. The molecule has 3 nitrogen and oxygen atoms in total. The van der Waals surface area contributed by atoms with E-state index in [0.29, 0.717) is 24.9 Å². The van der Waals surface area contributed by atoms with Crippen LogP contribution in [0.1, 0.15) is 32.4 Å². The number of nitrogens with one attached hydrogen (secondary N) is 1. The summed E-state index contributed by atoms with van der Waals surface area (Å²) < 4.78 is 24.9. The average molecular weight is 253 g/mol. The second-order valence-corrected chi connectivity index (χ2v) is 4.99. The van der Waals surface area contributed by atoms with Crippen molar-refractivity contribution in [3.05, 3.63) is 29.6 Å². The lowest BCUT2D eigenvalue weighted by Crippen LogP contribution is -2.40. The minimum atomic E-state index is -0.330. The van der Waals surface area contributed by atoms with E-state index in [4.69, 9.17) is 9.47 Å². The summed E-state index contributed by atoms with van der Waals surface area (Å²) in [6.45, 7) is 7.18. The van der Waals surface area contributed by atoms with E-state index in [1.165, 1.54) is 6.07 Å². The zero-order valence-electron chi connectivity index (χ0n) is 11.1. The van der Waals surface area contributed by atoms with Gasteiger partial charge in [-0.1, -0.05) is 6.07 Å². The van der Waals surface area contributed by atoms with Crippen LogP contribution >= 0.6 is 0 Å². The van der Waals surface area contributed by atoms with Gasteiger partial charge in [0.2, 0.25) is 0 Å². The molecule has 18 heavy (non-hydrogen) atoms. The highest BCUT2D eigenvalue weighted by Gasteiger charge is 2.20. The second kappa shape index (κ2) is 5.67. The smallest absolute Gasteiger partial charge is 0.165 e. The van der Waals surface area contributed by atoms with Gasteiger partial charge < -0.3 is 14.8 Å². The highest BCUT2D eigenvalue weighted by atomic mass is 19.1. The maximum absolute atomic E-state index is 13.8. The maximum atomic E-state index is 13.8. The number of benzene rings is 1. The molecule has 2 atom stereocenters. The van der Waals surface area contributed by atoms with Crippen LogP contribution in [-0.4, -0.2) is 25.3 Å². The van der Waals surface area contributed by atoms with Crippen molar-refractivity contribution < 1.29 is 13.9 Å². The summed E-state index contributed by atoms with van der Waals surface area (Å²) >= 11 is 0. The minimum Gasteiger partial charge on any atom is -0.488 e. The molecule has 2 unspecified atom stereocenters. The highest BCUT2D eigenvalue weighted by Crippen LogP contribution is 2.26. The van der Waals surface area contributed by atoms with Crippen LogP contribution in [0.2, 0.25) is 0 Å². The number of hydrogen-bond acceptors (Lipinski definition) is 3. The van der Waals surface area contributed by atoms with Crippen LogP contribution in [0.3, 0.4) is 0 Å². The lowest BCUT2D eigenvalue weighted by molar-refractivity contribution is 0.00674. The maximum Gasteiger partial charge on any atom is 0.165 e. The van der Waals surface area contributed by atoms with Gasteiger partial charge in [0.1, 0.15) is 0 Å². The Bertz CT molecular complexity index is 401. The van der Waals surface area contributed by atoms with Gasteiger partial charge in [-0.3, -0.25) is 0 Å². The van der Waals surface area contributed by atoms with Crippen molar-refractivity contribution in [3.8, 4) is 5.75 Å². The first-order chi connectivity index (χ1) is 8.56. The predicted octanol–water partition coefficient (Wildman–Crippen LogP) is 2.66. The molecular formula is C14H20FNO2. The molecule has 0 bridgehead atoms. The SMILES string of the molecule is CC1COC(c2ccc(OC(C)C)c(F)c2)CN1. The Hall–Kier alpha value is -1.13. The third kappa shape index (κ3) is 3.21. The Morgan fingerprint density at radius 2 is 2.22 bits per heavy atom. The molecule has 0 spiro atoms. The molecule has 0 saturated carbocycles. The van der Waals surface area contributed by atoms with Crippen molar-refractivity contribution in [1.29, 1.82) is 0 Å². The van der Waals surface area contributed by atoms with E-state index >= 15 is 0 Å². The molecule has 1 saturated heterocycles. The molecule has 1 fully saturated rings. The molecule has 1 aromatic rings. The van der Waals surface area contributed by atoms with Gasteiger partial charge in [0.15, 0.2) is 11.6 Å². The molecule has 2 rings (SSSR count). The van der Waals surface area contributed by atoms with E-state index in [-0.39, 0.29) is 18.0 Å². The predicted molar refractivity (Wildman–Crippen MR) is 68.3 cm³/mol. The molecule has 1 heterocycles. The van der Waals surface area contributed by atoms with E-state index < -0.39 is 0 Å². The summed E-state index contributed by atoms with van der Waals surface area (Å²) in [7, 11) is 0. The minimum absolute atomic E-state index is 0.0289. The molecule has 1 aliphatic rings. The number of morpholine rings is 1. The van der Waals surface area contributed by atoms with Gasteiger partial charge >= 0.3 is 0 Å². The van der Waals surface area contributed by atoms with Gasteiger partial charge in [-0.25, -0.2) is 4.39 Å². The van der Waals surface area contributed by atoms with Gasteiger partial charge in [0, 0.05) is 12.6 Å². The number of rotatable bonds is 3. The van der Waals surface area contributed by atoms with Crippen LogP contribution in [0.15, 0.2) is 18.2 Å². The summed E-state index contributed by atoms with van der Waals surface area (Å²) in [5.74, 6) is -0.0330. The van der Waals surface area contributed by atoms with Crippen LogP contribution in [0, 0.1) is 5.82 Å². The monoisotopic (exact) mass is 253 g/mol. The fourth-order valence-corrected chi connectivity index (χ4v) is 1.97. The van der Waals surface area contributed by atoms with Crippen LogP contribution in [0.25, 0.3) is 0 Å². The van der Waals surface area contributed by atoms with Crippen molar-refractivity contribution in [2.75, 3.05) is 13.2 Å². The van der Waals surface area contributed by atoms with Gasteiger partial charge in [-0.15, -0.1) is 0 Å². The van der Waals surface area contributed by atoms with Crippen molar-refractivity contribution in [2.45, 2.75) is 39.0 Å². The first-order valence-corrected chi connectivity index (χ1v) is 6.37. The molecule has 0 aliphatic carbocycles. The molecule has 100 valence electrons. The molecule has 1 aromatic carbocycles. The highest BCUT2D eigenvalue weighted by molar-refractivity contribution is 5.31. The number of ether oxygens (including phenoxy) is 2. The second-order valence-electron chi connectivity index (χ2n) is 4.99. The Kier molecular flexibility index (Phi) is 4.19. The van der Waals surface area contributed by atoms with Crippen LogP contribution in [-0.2, 0) is 4.74 Å². The molecule has 0 aromatic heterocycles. The normalized spacial score (nSPS) is 24.3. The van der Waals surface area contributed by atoms with Crippen LogP contribution in [0.5, 0.6) is 5.75 Å². The fourth-order valence-electron chi connectivity index (χ4n) is 1.97. The van der Waals surface area contributed by atoms with E-state index in [1.807, 2.05) is 19.9 Å². The molecule has 1 aliphatic heterocycles. The summed E-state index contributed by atoms with van der Waals surface area (Å²) in [6.07, 6.45) is -0.109. The lowest BCUT2D eigenvalue weighted by atomic mass is 10.1. The largest absolute Gasteiger partial charge is 0.488 e. The van der Waals surface area contributed by atoms with Crippen LogP contribution in [0.4, 0.5) is 4.39 Å². The number of halogens is 1. The lowest BCUT2D eigenvalue weighted by Gasteiger charge is -2.28. The Labute approximate surface area is 107 Å². The van der Waals surface area contributed by atoms with Gasteiger partial charge in [0.05, 0.1) is 18.8 Å². The Balaban J connectivity index is 2.08. The van der Waals surface area contributed by atoms with E-state index in [1.54, 1.807) is 6.07 Å². The van der Waals surface area contributed by atoms with Crippen molar-refractivity contribution in [3.63, 3.8) is 0 Å². The summed E-state index contributed by atoms with van der Waals surface area (Å²) in [4.78, 5) is 0. The zero-order valence-corrected chi connectivity index (χ0v) is 11.1. The van der Waals surface area contributed by atoms with Crippen molar-refractivity contribution in [1.82, 2.24) is 5.32 Å². The summed E-state index contributed by atoms with van der Waals surface area (Å²) in [6, 6.07) is 5.39. The van der Waals surface area contributed by atoms with Gasteiger partial charge in [-0.05, 0) is 38.5 Å². The molecule has 0 amide bonds. The van der Waals surface area contributed by atoms with Crippen molar-refractivity contribution in [2.24, 2.45) is 0 Å². The first kappa shape index (κ1) is 13.3. The molecule has 0 radical (unpaired) electrons. The Morgan fingerprint density at radius 1 is 1.44 bits per heavy atom. The van der Waals surface area contributed by atoms with E-state index in [9.17, 15) is 4.39 Å². The van der Waals surface area contributed by atoms with E-state index in [0.717, 1.165) is 5.56 Å². The first-order valence-electron chi connectivity index (χ1n) is 6.37. The van der Waals surface area contributed by atoms with Gasteiger partial charge in [0.25, 0.3) is 0 Å². The zero-order chi connectivity index (χ0) is 13.1. The standard InChI is InChI=1S/C14H20FNO2/c1-9(2)18-13-5-4-11(6-12(13)15)14-7-16-10(3)8-17-14/h4-6,9-10,14,16H,7-8H2,1-3H3. The molecule has 4 heteroatoms. The average Bonchev–Trinajstić information content (AvgIpc) is 2.32. The van der Waals surface area contributed by atoms with Crippen LogP contribution < -0.4 is 10.1 Å². The number of hydrogen-bond donors (Lipinski definition) is 1. The summed E-state index contributed by atoms with van der Waals surface area (Å²) in [5.41, 5.74) is 0.850.